The molecule has 1 aliphatic heterocycles. The van der Waals surface area contributed by atoms with Crippen LogP contribution in [0.5, 0.6) is 5.75 Å². The van der Waals surface area contributed by atoms with Crippen LogP contribution in [0.4, 0.5) is 5.69 Å². The molecule has 0 bridgehead atoms. The van der Waals surface area contributed by atoms with Crippen molar-refractivity contribution in [3.05, 3.63) is 24.3 Å². The minimum atomic E-state index is -0.788. The molecule has 1 N–H and O–H groups in total. The predicted molar refractivity (Wildman–Crippen MR) is 110 cm³/mol. The Morgan fingerprint density at radius 1 is 1.26 bits per heavy atom. The van der Waals surface area contributed by atoms with Crippen LogP contribution in [-0.4, -0.2) is 48.8 Å². The molecule has 0 saturated carbocycles. The summed E-state index contributed by atoms with van der Waals surface area (Å²) in [6, 6.07) is 8.24. The monoisotopic (exact) mass is 376 g/mol. The molecule has 1 aliphatic rings. The van der Waals surface area contributed by atoms with Gasteiger partial charge in [0.05, 0.1) is 0 Å². The van der Waals surface area contributed by atoms with Crippen molar-refractivity contribution in [3.63, 3.8) is 0 Å². The summed E-state index contributed by atoms with van der Waals surface area (Å²) >= 11 is 0. The molecule has 0 aliphatic carbocycles. The SMILES string of the molecule is CCCC(C)(OCC)C(=O)Nc1ccc(OCCN2CCCCC2C)cc1. The highest BCUT2D eigenvalue weighted by atomic mass is 16.5. The molecule has 0 radical (unpaired) electrons. The summed E-state index contributed by atoms with van der Waals surface area (Å²) in [6.07, 6.45) is 5.51. The zero-order chi connectivity index (χ0) is 19.7. The number of hydrogen-bond donors (Lipinski definition) is 1. The van der Waals surface area contributed by atoms with Gasteiger partial charge < -0.3 is 14.8 Å². The molecule has 152 valence electrons. The van der Waals surface area contributed by atoms with Gasteiger partial charge in [-0.1, -0.05) is 19.8 Å². The van der Waals surface area contributed by atoms with Crippen molar-refractivity contribution in [2.75, 3.05) is 31.6 Å². The average molecular weight is 377 g/mol. The number of carbonyl (C=O) groups excluding carboxylic acids is 1. The Labute approximate surface area is 164 Å². The van der Waals surface area contributed by atoms with Crippen LogP contribution >= 0.6 is 0 Å². The van der Waals surface area contributed by atoms with Crippen molar-refractivity contribution in [2.24, 2.45) is 0 Å². The van der Waals surface area contributed by atoms with Crippen molar-refractivity contribution in [1.82, 2.24) is 4.90 Å². The molecule has 1 saturated heterocycles. The molecular formula is C22H36N2O3. The highest BCUT2D eigenvalue weighted by Gasteiger charge is 2.32. The third-order valence-electron chi connectivity index (χ3n) is 5.37. The zero-order valence-corrected chi connectivity index (χ0v) is 17.4. The fourth-order valence-corrected chi connectivity index (χ4v) is 3.72. The highest BCUT2D eigenvalue weighted by molar-refractivity contribution is 5.97. The van der Waals surface area contributed by atoms with E-state index in [4.69, 9.17) is 9.47 Å². The van der Waals surface area contributed by atoms with Crippen LogP contribution < -0.4 is 10.1 Å². The lowest BCUT2D eigenvalue weighted by Gasteiger charge is -2.33. The fraction of sp³-hybridized carbons (Fsp3) is 0.682. The summed E-state index contributed by atoms with van der Waals surface area (Å²) in [6.45, 7) is 11.5. The molecule has 5 nitrogen and oxygen atoms in total. The number of ether oxygens (including phenoxy) is 2. The number of nitrogens with one attached hydrogen (secondary N) is 1. The first-order chi connectivity index (χ1) is 13.0. The quantitative estimate of drug-likeness (QED) is 0.654. The van der Waals surface area contributed by atoms with Crippen molar-refractivity contribution in [1.29, 1.82) is 0 Å². The van der Waals surface area contributed by atoms with Crippen molar-refractivity contribution in [2.45, 2.75) is 71.4 Å². The van der Waals surface area contributed by atoms with Crippen LogP contribution in [0.3, 0.4) is 0 Å². The Morgan fingerprint density at radius 2 is 2.00 bits per heavy atom. The first-order valence-corrected chi connectivity index (χ1v) is 10.4. The van der Waals surface area contributed by atoms with Gasteiger partial charge in [-0.15, -0.1) is 0 Å². The molecule has 1 aromatic carbocycles. The third-order valence-corrected chi connectivity index (χ3v) is 5.37. The predicted octanol–water partition coefficient (Wildman–Crippen LogP) is 4.47. The minimum absolute atomic E-state index is 0.0982. The summed E-state index contributed by atoms with van der Waals surface area (Å²) in [7, 11) is 0. The molecule has 27 heavy (non-hydrogen) atoms. The minimum Gasteiger partial charge on any atom is -0.492 e. The lowest BCUT2D eigenvalue weighted by Crippen LogP contribution is -2.42. The van der Waals surface area contributed by atoms with Gasteiger partial charge in [0.2, 0.25) is 0 Å². The van der Waals surface area contributed by atoms with Gasteiger partial charge in [0, 0.05) is 24.9 Å². The molecule has 5 heteroatoms. The number of carbonyl (C=O) groups is 1. The van der Waals surface area contributed by atoms with Gasteiger partial charge in [-0.25, -0.2) is 0 Å². The topological polar surface area (TPSA) is 50.8 Å². The summed E-state index contributed by atoms with van der Waals surface area (Å²) in [5, 5.41) is 2.97. The fourth-order valence-electron chi connectivity index (χ4n) is 3.72. The smallest absolute Gasteiger partial charge is 0.256 e. The zero-order valence-electron chi connectivity index (χ0n) is 17.4. The van der Waals surface area contributed by atoms with Crippen molar-refractivity contribution in [3.8, 4) is 5.75 Å². The number of hydrogen-bond acceptors (Lipinski definition) is 4. The summed E-state index contributed by atoms with van der Waals surface area (Å²) in [4.78, 5) is 15.1. The Bertz CT molecular complexity index is 567. The third kappa shape index (κ3) is 6.51. The number of nitrogens with zero attached hydrogens (tertiary/aromatic N) is 1. The molecule has 2 atom stereocenters. The maximum Gasteiger partial charge on any atom is 0.256 e. The van der Waals surface area contributed by atoms with Crippen LogP contribution in [0.2, 0.25) is 0 Å². The molecule has 1 aromatic rings. The number of rotatable bonds is 10. The first kappa shape index (κ1) is 21.7. The molecule has 1 fully saturated rings. The maximum atomic E-state index is 12.6. The van der Waals surface area contributed by atoms with Gasteiger partial charge in [-0.05, 0) is 70.8 Å². The van der Waals surface area contributed by atoms with Crippen LogP contribution in [0.1, 0.15) is 59.8 Å². The lowest BCUT2D eigenvalue weighted by atomic mass is 9.99. The van der Waals surface area contributed by atoms with Gasteiger partial charge >= 0.3 is 0 Å². The second-order valence-electron chi connectivity index (χ2n) is 7.62. The van der Waals surface area contributed by atoms with E-state index in [1.165, 1.54) is 25.8 Å². The first-order valence-electron chi connectivity index (χ1n) is 10.4. The number of amides is 1. The van der Waals surface area contributed by atoms with Crippen LogP contribution in [0.25, 0.3) is 0 Å². The van der Waals surface area contributed by atoms with E-state index in [0.29, 0.717) is 25.7 Å². The van der Waals surface area contributed by atoms with Gasteiger partial charge in [-0.3, -0.25) is 9.69 Å². The van der Waals surface area contributed by atoms with E-state index in [-0.39, 0.29) is 5.91 Å². The van der Waals surface area contributed by atoms with E-state index in [1.807, 2.05) is 38.1 Å². The van der Waals surface area contributed by atoms with Crippen LogP contribution in [0.15, 0.2) is 24.3 Å². The second kappa shape index (κ2) is 10.7. The molecule has 0 aromatic heterocycles. The average Bonchev–Trinajstić information content (AvgIpc) is 2.65. The molecule has 0 spiro atoms. The highest BCUT2D eigenvalue weighted by Crippen LogP contribution is 2.22. The van der Waals surface area contributed by atoms with Gasteiger partial charge in [0.1, 0.15) is 18.0 Å². The summed E-state index contributed by atoms with van der Waals surface area (Å²) < 4.78 is 11.6. The molecule has 2 rings (SSSR count). The van der Waals surface area contributed by atoms with E-state index >= 15 is 0 Å². The summed E-state index contributed by atoms with van der Waals surface area (Å²) in [5.74, 6) is 0.734. The molecule has 2 unspecified atom stereocenters. The molecule has 1 heterocycles. The largest absolute Gasteiger partial charge is 0.492 e. The van der Waals surface area contributed by atoms with E-state index in [2.05, 4.69) is 24.1 Å². The molecule has 1 amide bonds. The number of anilines is 1. The Morgan fingerprint density at radius 3 is 2.63 bits per heavy atom. The Hall–Kier alpha value is -1.59. The van der Waals surface area contributed by atoms with Crippen LogP contribution in [-0.2, 0) is 9.53 Å². The lowest BCUT2D eigenvalue weighted by molar-refractivity contribution is -0.139. The number of benzene rings is 1. The van der Waals surface area contributed by atoms with Crippen LogP contribution in [0, 0.1) is 0 Å². The standard InChI is InChI=1S/C22H36N2O3/c1-5-14-22(4,27-6-2)21(25)23-19-10-12-20(13-11-19)26-17-16-24-15-8-7-9-18(24)3/h10-13,18H,5-9,14-17H2,1-4H3,(H,23,25). The Kier molecular flexibility index (Phi) is 8.58. The Balaban J connectivity index is 1.82. The second-order valence-corrected chi connectivity index (χ2v) is 7.62. The number of piperidine rings is 1. The normalized spacial score (nSPS) is 20.1. The van der Waals surface area contributed by atoms with Crippen molar-refractivity contribution >= 4 is 11.6 Å². The van der Waals surface area contributed by atoms with E-state index in [9.17, 15) is 4.79 Å². The van der Waals surface area contributed by atoms with E-state index < -0.39 is 5.60 Å². The van der Waals surface area contributed by atoms with Gasteiger partial charge in [-0.2, -0.15) is 0 Å². The van der Waals surface area contributed by atoms with E-state index in [0.717, 1.165) is 24.4 Å². The van der Waals surface area contributed by atoms with Gasteiger partial charge in [0.25, 0.3) is 5.91 Å². The maximum absolute atomic E-state index is 12.6. The van der Waals surface area contributed by atoms with E-state index in [1.54, 1.807) is 0 Å². The summed E-state index contributed by atoms with van der Waals surface area (Å²) in [5.41, 5.74) is -0.0249. The molecular weight excluding hydrogens is 340 g/mol. The van der Waals surface area contributed by atoms with Gasteiger partial charge in [0.15, 0.2) is 0 Å². The number of likely N-dealkylation sites (tertiary alicyclic amines) is 1. The van der Waals surface area contributed by atoms with Crippen molar-refractivity contribution < 1.29 is 14.3 Å².